The topological polar surface area (TPSA) is 54.9 Å². The third-order valence-electron chi connectivity index (χ3n) is 3.76. The summed E-state index contributed by atoms with van der Waals surface area (Å²) in [6, 6.07) is 12.3. The lowest BCUT2D eigenvalue weighted by molar-refractivity contribution is -0.115. The van der Waals surface area contributed by atoms with E-state index in [0.29, 0.717) is 21.4 Å². The van der Waals surface area contributed by atoms with Gasteiger partial charge in [-0.05, 0) is 36.8 Å². The van der Waals surface area contributed by atoms with Gasteiger partial charge in [0, 0.05) is 10.9 Å². The minimum absolute atomic E-state index is 0.154. The van der Waals surface area contributed by atoms with Crippen LogP contribution in [0.3, 0.4) is 0 Å². The van der Waals surface area contributed by atoms with Crippen molar-refractivity contribution >= 4 is 43.9 Å². The van der Waals surface area contributed by atoms with Crippen LogP contribution in [0, 0.1) is 12.7 Å². The minimum Gasteiger partial charge on any atom is -0.302 e. The van der Waals surface area contributed by atoms with Gasteiger partial charge in [-0.15, -0.1) is 11.3 Å². The van der Waals surface area contributed by atoms with E-state index in [0.717, 1.165) is 15.8 Å². The number of hydrogen-bond donors (Lipinski definition) is 1. The fraction of sp³-hybridized carbons (Fsp3) is 0.105. The van der Waals surface area contributed by atoms with Gasteiger partial charge in [0.2, 0.25) is 5.91 Å². The number of halogens is 1. The van der Waals surface area contributed by atoms with Gasteiger partial charge in [-0.25, -0.2) is 14.4 Å². The van der Waals surface area contributed by atoms with Crippen molar-refractivity contribution < 1.29 is 9.18 Å². The minimum atomic E-state index is -0.303. The number of benzene rings is 2. The third kappa shape index (κ3) is 3.63. The van der Waals surface area contributed by atoms with Crippen LogP contribution in [-0.4, -0.2) is 15.9 Å². The molecular weight excluding hydrogens is 369 g/mol. The maximum atomic E-state index is 13.3. The average Bonchev–Trinajstić information content (AvgIpc) is 3.20. The van der Waals surface area contributed by atoms with Gasteiger partial charge in [0.1, 0.15) is 10.8 Å². The number of nitrogens with zero attached hydrogens (tertiary/aromatic N) is 2. The van der Waals surface area contributed by atoms with E-state index >= 15 is 0 Å². The first-order chi connectivity index (χ1) is 12.6. The summed E-state index contributed by atoms with van der Waals surface area (Å²) in [7, 11) is 0. The molecule has 0 saturated heterocycles. The smallest absolute Gasteiger partial charge is 0.232 e. The van der Waals surface area contributed by atoms with Crippen molar-refractivity contribution in [2.45, 2.75) is 13.3 Å². The Bertz CT molecular complexity index is 1100. The van der Waals surface area contributed by atoms with E-state index in [-0.39, 0.29) is 18.1 Å². The second-order valence-electron chi connectivity index (χ2n) is 5.87. The molecule has 4 nitrogen and oxygen atoms in total. The number of amides is 1. The maximum absolute atomic E-state index is 13.3. The summed E-state index contributed by atoms with van der Waals surface area (Å²) in [5.74, 6) is -0.472. The Labute approximate surface area is 157 Å². The zero-order valence-electron chi connectivity index (χ0n) is 13.8. The number of aryl methyl sites for hydroxylation is 1. The SMILES string of the molecule is Cc1ccc2nc(NC(=O)Cc3csc(-c4cccc(F)c4)n3)sc2c1. The van der Waals surface area contributed by atoms with Gasteiger partial charge in [0.15, 0.2) is 5.13 Å². The van der Waals surface area contributed by atoms with Gasteiger partial charge in [0.25, 0.3) is 0 Å². The molecule has 0 aliphatic heterocycles. The van der Waals surface area contributed by atoms with Crippen LogP contribution in [0.25, 0.3) is 20.8 Å². The molecular formula is C19H14FN3OS2. The Balaban J connectivity index is 1.46. The second kappa shape index (κ2) is 6.93. The summed E-state index contributed by atoms with van der Waals surface area (Å²) in [4.78, 5) is 21.1. The highest BCUT2D eigenvalue weighted by Crippen LogP contribution is 2.27. The molecule has 4 aromatic rings. The number of fused-ring (bicyclic) bond motifs is 1. The van der Waals surface area contributed by atoms with Crippen LogP contribution in [-0.2, 0) is 11.2 Å². The van der Waals surface area contributed by atoms with E-state index in [1.54, 1.807) is 12.1 Å². The van der Waals surface area contributed by atoms with Crippen LogP contribution in [0.4, 0.5) is 9.52 Å². The summed E-state index contributed by atoms with van der Waals surface area (Å²) in [6.45, 7) is 2.02. The molecule has 26 heavy (non-hydrogen) atoms. The zero-order valence-corrected chi connectivity index (χ0v) is 15.5. The molecule has 4 rings (SSSR count). The molecule has 1 amide bonds. The summed E-state index contributed by atoms with van der Waals surface area (Å²) >= 11 is 2.85. The predicted octanol–water partition coefficient (Wildman–Crippen LogP) is 5.05. The summed E-state index contributed by atoms with van der Waals surface area (Å²) < 4.78 is 14.4. The number of rotatable bonds is 4. The molecule has 0 spiro atoms. The predicted molar refractivity (Wildman–Crippen MR) is 104 cm³/mol. The Morgan fingerprint density at radius 1 is 1.19 bits per heavy atom. The zero-order chi connectivity index (χ0) is 18.1. The number of anilines is 1. The summed E-state index contributed by atoms with van der Waals surface area (Å²) in [5.41, 5.74) is 3.40. The first-order valence-electron chi connectivity index (χ1n) is 7.94. The molecule has 0 bridgehead atoms. The molecule has 0 atom stereocenters. The maximum Gasteiger partial charge on any atom is 0.232 e. The van der Waals surface area contributed by atoms with E-state index in [9.17, 15) is 9.18 Å². The van der Waals surface area contributed by atoms with Crippen molar-refractivity contribution in [3.8, 4) is 10.6 Å². The Kier molecular flexibility index (Phi) is 4.48. The van der Waals surface area contributed by atoms with Gasteiger partial charge in [0.05, 0.1) is 22.3 Å². The lowest BCUT2D eigenvalue weighted by Crippen LogP contribution is -2.14. The number of nitrogens with one attached hydrogen (secondary N) is 1. The fourth-order valence-corrected chi connectivity index (χ4v) is 4.35. The molecule has 2 heterocycles. The number of carbonyl (C=O) groups excluding carboxylic acids is 1. The van der Waals surface area contributed by atoms with E-state index in [1.165, 1.54) is 34.8 Å². The van der Waals surface area contributed by atoms with Gasteiger partial charge in [-0.2, -0.15) is 0 Å². The van der Waals surface area contributed by atoms with E-state index in [1.807, 2.05) is 30.5 Å². The molecule has 2 aromatic heterocycles. The molecule has 2 aromatic carbocycles. The van der Waals surface area contributed by atoms with Gasteiger partial charge in [-0.3, -0.25) is 4.79 Å². The first kappa shape index (κ1) is 16.8. The molecule has 1 N–H and O–H groups in total. The summed E-state index contributed by atoms with van der Waals surface area (Å²) in [6.07, 6.45) is 0.154. The van der Waals surface area contributed by atoms with E-state index < -0.39 is 0 Å². The van der Waals surface area contributed by atoms with E-state index in [4.69, 9.17) is 0 Å². The second-order valence-corrected chi connectivity index (χ2v) is 7.76. The van der Waals surface area contributed by atoms with Crippen LogP contribution >= 0.6 is 22.7 Å². The molecule has 0 unspecified atom stereocenters. The van der Waals surface area contributed by atoms with Gasteiger partial charge in [-0.1, -0.05) is 29.5 Å². The van der Waals surface area contributed by atoms with Crippen LogP contribution in [0.2, 0.25) is 0 Å². The Morgan fingerprint density at radius 3 is 2.92 bits per heavy atom. The molecule has 130 valence electrons. The first-order valence-corrected chi connectivity index (χ1v) is 9.64. The van der Waals surface area contributed by atoms with Crippen LogP contribution in [0.5, 0.6) is 0 Å². The van der Waals surface area contributed by atoms with Crippen LogP contribution in [0.15, 0.2) is 47.8 Å². The van der Waals surface area contributed by atoms with Crippen molar-refractivity contribution in [3.05, 3.63) is 64.9 Å². The quantitative estimate of drug-likeness (QED) is 0.537. The van der Waals surface area contributed by atoms with Gasteiger partial charge >= 0.3 is 0 Å². The van der Waals surface area contributed by atoms with Crippen molar-refractivity contribution in [1.82, 2.24) is 9.97 Å². The van der Waals surface area contributed by atoms with Crippen molar-refractivity contribution in [2.24, 2.45) is 0 Å². The Hall–Kier alpha value is -2.64. The lowest BCUT2D eigenvalue weighted by atomic mass is 10.2. The molecule has 7 heteroatoms. The largest absolute Gasteiger partial charge is 0.302 e. The highest BCUT2D eigenvalue weighted by molar-refractivity contribution is 7.22. The average molecular weight is 383 g/mol. The standard InChI is InChI=1S/C19H14FN3OS2/c1-11-5-6-15-16(7-11)26-19(22-15)23-17(24)9-14-10-25-18(21-14)12-3-2-4-13(20)8-12/h2-8,10H,9H2,1H3,(H,22,23,24). The van der Waals surface area contributed by atoms with E-state index in [2.05, 4.69) is 15.3 Å². The molecule has 0 aliphatic rings. The van der Waals surface area contributed by atoms with Crippen molar-refractivity contribution in [2.75, 3.05) is 5.32 Å². The molecule has 0 fully saturated rings. The molecule has 0 saturated carbocycles. The number of hydrogen-bond acceptors (Lipinski definition) is 5. The molecule has 0 radical (unpaired) electrons. The fourth-order valence-electron chi connectivity index (χ4n) is 2.56. The normalized spacial score (nSPS) is 11.0. The third-order valence-corrected chi connectivity index (χ3v) is 5.63. The number of aromatic nitrogens is 2. The van der Waals surface area contributed by atoms with Crippen molar-refractivity contribution in [1.29, 1.82) is 0 Å². The Morgan fingerprint density at radius 2 is 2.08 bits per heavy atom. The van der Waals surface area contributed by atoms with Crippen molar-refractivity contribution in [3.63, 3.8) is 0 Å². The molecule has 0 aliphatic carbocycles. The number of thiazole rings is 2. The van der Waals surface area contributed by atoms with Gasteiger partial charge < -0.3 is 5.32 Å². The highest BCUT2D eigenvalue weighted by Gasteiger charge is 2.12. The monoisotopic (exact) mass is 383 g/mol. The lowest BCUT2D eigenvalue weighted by Gasteiger charge is -1.99. The summed E-state index contributed by atoms with van der Waals surface area (Å²) in [5, 5.41) is 5.93. The number of carbonyl (C=O) groups is 1. The van der Waals surface area contributed by atoms with Crippen LogP contribution < -0.4 is 5.32 Å². The van der Waals surface area contributed by atoms with Crippen LogP contribution in [0.1, 0.15) is 11.3 Å². The highest BCUT2D eigenvalue weighted by atomic mass is 32.1.